The summed E-state index contributed by atoms with van der Waals surface area (Å²) in [6.45, 7) is 5.18. The van der Waals surface area contributed by atoms with Crippen molar-refractivity contribution in [2.45, 2.75) is 58.4 Å². The van der Waals surface area contributed by atoms with Crippen molar-refractivity contribution in [2.24, 2.45) is 0 Å². The molecule has 1 aromatic heterocycles. The van der Waals surface area contributed by atoms with Gasteiger partial charge >= 0.3 is 0 Å². The Morgan fingerprint density at radius 2 is 1.86 bits per heavy atom. The molecule has 196 valence electrons. The lowest BCUT2D eigenvalue weighted by atomic mass is 10.0. The lowest BCUT2D eigenvalue weighted by molar-refractivity contribution is -0.134. The first kappa shape index (κ1) is 27.2. The molecule has 9 nitrogen and oxygen atoms in total. The molecular formula is C27H38N4O5. The number of carbonyl (C=O) groups excluding carboxylic acids is 3. The van der Waals surface area contributed by atoms with E-state index in [2.05, 4.69) is 5.16 Å². The number of ether oxygens (including phenoxy) is 1. The minimum Gasteiger partial charge on any atom is -0.493 e. The van der Waals surface area contributed by atoms with Crippen molar-refractivity contribution >= 4 is 17.7 Å². The molecule has 3 amide bonds. The number of nitrogens with zero attached hydrogens (tertiary/aromatic N) is 4. The highest BCUT2D eigenvalue weighted by Gasteiger charge is 2.31. The van der Waals surface area contributed by atoms with E-state index in [0.29, 0.717) is 67.3 Å². The summed E-state index contributed by atoms with van der Waals surface area (Å²) < 4.78 is 11.0. The van der Waals surface area contributed by atoms with Crippen molar-refractivity contribution in [1.29, 1.82) is 0 Å². The molecule has 3 rings (SSSR count). The van der Waals surface area contributed by atoms with E-state index in [1.54, 1.807) is 63.0 Å². The zero-order valence-corrected chi connectivity index (χ0v) is 22.1. The highest BCUT2D eigenvalue weighted by atomic mass is 16.5. The van der Waals surface area contributed by atoms with Crippen LogP contribution in [0.3, 0.4) is 0 Å². The maximum Gasteiger partial charge on any atom is 0.259 e. The SMILES string of the molecule is Cc1noc(C)c1C(=O)N(C)CCCC[C@H]1C(=O)N(C)CCCCCOc2ccccc2C(=O)N1C. The van der Waals surface area contributed by atoms with Crippen LogP contribution in [-0.2, 0) is 4.79 Å². The minimum atomic E-state index is -0.597. The third-order valence-corrected chi connectivity index (χ3v) is 6.78. The van der Waals surface area contributed by atoms with Gasteiger partial charge in [-0.15, -0.1) is 0 Å². The molecule has 1 aliphatic rings. The molecule has 1 aromatic carbocycles. The molecule has 0 spiro atoms. The first-order chi connectivity index (χ1) is 17.2. The topological polar surface area (TPSA) is 96.2 Å². The second-order valence-electron chi connectivity index (χ2n) is 9.52. The Balaban J connectivity index is 1.69. The molecule has 2 aromatic rings. The Hall–Kier alpha value is -3.36. The molecule has 0 fully saturated rings. The predicted octanol–water partition coefficient (Wildman–Crippen LogP) is 3.70. The average molecular weight is 499 g/mol. The summed E-state index contributed by atoms with van der Waals surface area (Å²) >= 11 is 0. The monoisotopic (exact) mass is 498 g/mol. The van der Waals surface area contributed by atoms with Gasteiger partial charge in [0.1, 0.15) is 23.1 Å². The number of unbranched alkanes of at least 4 members (excludes halogenated alkanes) is 1. The number of benzene rings is 1. The Kier molecular flexibility index (Phi) is 9.50. The van der Waals surface area contributed by atoms with Gasteiger partial charge in [0.2, 0.25) is 5.91 Å². The van der Waals surface area contributed by atoms with Crippen molar-refractivity contribution in [1.82, 2.24) is 19.9 Å². The number of rotatable bonds is 6. The van der Waals surface area contributed by atoms with Gasteiger partial charge in [-0.1, -0.05) is 17.3 Å². The summed E-state index contributed by atoms with van der Waals surface area (Å²) in [5.41, 5.74) is 1.53. The van der Waals surface area contributed by atoms with Crippen LogP contribution in [0.4, 0.5) is 0 Å². The fraction of sp³-hybridized carbons (Fsp3) is 0.556. The van der Waals surface area contributed by atoms with E-state index < -0.39 is 6.04 Å². The van der Waals surface area contributed by atoms with Gasteiger partial charge in [0.15, 0.2) is 0 Å². The molecule has 0 saturated heterocycles. The van der Waals surface area contributed by atoms with Crippen molar-refractivity contribution in [3.8, 4) is 5.75 Å². The number of likely N-dealkylation sites (N-methyl/N-ethyl adjacent to an activating group) is 2. The molecule has 9 heteroatoms. The largest absolute Gasteiger partial charge is 0.493 e. The van der Waals surface area contributed by atoms with Crippen LogP contribution in [0.1, 0.15) is 70.7 Å². The van der Waals surface area contributed by atoms with Crippen LogP contribution in [0.25, 0.3) is 0 Å². The first-order valence-electron chi connectivity index (χ1n) is 12.6. The van der Waals surface area contributed by atoms with Crippen LogP contribution in [0.5, 0.6) is 5.75 Å². The van der Waals surface area contributed by atoms with Gasteiger partial charge in [-0.3, -0.25) is 14.4 Å². The van der Waals surface area contributed by atoms with E-state index >= 15 is 0 Å². The van der Waals surface area contributed by atoms with Crippen molar-refractivity contribution in [3.63, 3.8) is 0 Å². The molecule has 0 saturated carbocycles. The van der Waals surface area contributed by atoms with Gasteiger partial charge in [-0.2, -0.15) is 0 Å². The normalized spacial score (nSPS) is 17.5. The summed E-state index contributed by atoms with van der Waals surface area (Å²) in [6.07, 6.45) is 4.57. The molecule has 2 heterocycles. The van der Waals surface area contributed by atoms with Crippen LogP contribution in [0.2, 0.25) is 0 Å². The summed E-state index contributed by atoms with van der Waals surface area (Å²) in [5.74, 6) is 0.623. The van der Waals surface area contributed by atoms with Crippen LogP contribution in [0, 0.1) is 13.8 Å². The number of hydrogen-bond donors (Lipinski definition) is 0. The Morgan fingerprint density at radius 1 is 1.11 bits per heavy atom. The molecular weight excluding hydrogens is 460 g/mol. The smallest absolute Gasteiger partial charge is 0.259 e. The van der Waals surface area contributed by atoms with E-state index in [1.807, 2.05) is 6.07 Å². The van der Waals surface area contributed by atoms with Crippen molar-refractivity contribution in [3.05, 3.63) is 46.8 Å². The van der Waals surface area contributed by atoms with Crippen LogP contribution in [0.15, 0.2) is 28.8 Å². The molecule has 1 atom stereocenters. The third-order valence-electron chi connectivity index (χ3n) is 6.78. The predicted molar refractivity (Wildman–Crippen MR) is 136 cm³/mol. The van der Waals surface area contributed by atoms with Crippen LogP contribution >= 0.6 is 0 Å². The highest BCUT2D eigenvalue weighted by Crippen LogP contribution is 2.23. The van der Waals surface area contributed by atoms with Crippen molar-refractivity contribution in [2.75, 3.05) is 40.8 Å². The maximum atomic E-state index is 13.4. The maximum absolute atomic E-state index is 13.4. The number of aromatic nitrogens is 1. The van der Waals surface area contributed by atoms with Gasteiger partial charge < -0.3 is 24.0 Å². The molecule has 1 aliphatic heterocycles. The number of amides is 3. The van der Waals surface area contributed by atoms with Crippen LogP contribution < -0.4 is 4.74 Å². The van der Waals surface area contributed by atoms with E-state index in [4.69, 9.17) is 9.26 Å². The second kappa shape index (κ2) is 12.6. The number of para-hydroxylation sites is 1. The molecule has 36 heavy (non-hydrogen) atoms. The quantitative estimate of drug-likeness (QED) is 0.564. The Morgan fingerprint density at radius 3 is 2.58 bits per heavy atom. The summed E-state index contributed by atoms with van der Waals surface area (Å²) in [7, 11) is 5.23. The first-order valence-corrected chi connectivity index (χ1v) is 12.6. The van der Waals surface area contributed by atoms with Gasteiger partial charge in [0, 0.05) is 34.2 Å². The molecule has 0 bridgehead atoms. The fourth-order valence-electron chi connectivity index (χ4n) is 4.53. The molecule has 0 aliphatic carbocycles. The summed E-state index contributed by atoms with van der Waals surface area (Å²) in [5, 5.41) is 3.86. The minimum absolute atomic E-state index is 0.0661. The van der Waals surface area contributed by atoms with E-state index in [-0.39, 0.29) is 17.7 Å². The number of aryl methyl sites for hydroxylation is 2. The van der Waals surface area contributed by atoms with Crippen molar-refractivity contribution < 1.29 is 23.6 Å². The fourth-order valence-corrected chi connectivity index (χ4v) is 4.53. The zero-order chi connectivity index (χ0) is 26.2. The number of hydrogen-bond acceptors (Lipinski definition) is 6. The Labute approximate surface area is 213 Å². The van der Waals surface area contributed by atoms with Gasteiger partial charge in [-0.25, -0.2) is 0 Å². The number of carbonyl (C=O) groups is 3. The lowest BCUT2D eigenvalue weighted by Crippen LogP contribution is -2.48. The molecule has 0 unspecified atom stereocenters. The highest BCUT2D eigenvalue weighted by molar-refractivity contribution is 5.99. The summed E-state index contributed by atoms with van der Waals surface area (Å²) in [4.78, 5) is 44.5. The van der Waals surface area contributed by atoms with Gasteiger partial charge in [0.25, 0.3) is 11.8 Å². The zero-order valence-electron chi connectivity index (χ0n) is 22.1. The Bertz CT molecular complexity index is 1050. The van der Waals surface area contributed by atoms with Gasteiger partial charge in [0.05, 0.1) is 17.9 Å². The average Bonchev–Trinajstić information content (AvgIpc) is 3.21. The standard InChI is InChI=1S/C27H38N4O5/c1-19-24(20(2)36-28-19)27(34)30(4)17-11-9-14-22-26(33)29(3)16-10-6-12-18-35-23-15-8-7-13-21(23)25(32)31(22)5/h7-8,13,15,22H,6,9-12,14,16-18H2,1-5H3/t22-/m0/s1. The number of fused-ring (bicyclic) bond motifs is 1. The van der Waals surface area contributed by atoms with Gasteiger partial charge in [-0.05, 0) is 64.5 Å². The molecule has 0 radical (unpaired) electrons. The molecule has 0 N–H and O–H groups in total. The van der Waals surface area contributed by atoms with Crippen LogP contribution in [-0.4, -0.2) is 84.5 Å². The van der Waals surface area contributed by atoms with E-state index in [1.165, 1.54) is 4.90 Å². The lowest BCUT2D eigenvalue weighted by Gasteiger charge is -2.31. The second-order valence-corrected chi connectivity index (χ2v) is 9.52. The summed E-state index contributed by atoms with van der Waals surface area (Å²) in [6, 6.07) is 6.60. The van der Waals surface area contributed by atoms with E-state index in [0.717, 1.165) is 19.3 Å². The van der Waals surface area contributed by atoms with E-state index in [9.17, 15) is 14.4 Å². The third kappa shape index (κ3) is 6.44.